The van der Waals surface area contributed by atoms with Crippen LogP contribution in [0, 0.1) is 0 Å². The van der Waals surface area contributed by atoms with Gasteiger partial charge in [0.05, 0.1) is 18.4 Å². The normalized spacial score (nSPS) is 10.1. The number of esters is 1. The van der Waals surface area contributed by atoms with Crippen LogP contribution in [0.15, 0.2) is 24.3 Å². The lowest BCUT2D eigenvalue weighted by Gasteiger charge is -2.12. The van der Waals surface area contributed by atoms with Crippen molar-refractivity contribution < 1.29 is 14.3 Å². The van der Waals surface area contributed by atoms with E-state index in [2.05, 4.69) is 15.4 Å². The first-order valence-electron chi connectivity index (χ1n) is 5.91. The Bertz CT molecular complexity index is 447. The summed E-state index contributed by atoms with van der Waals surface area (Å²) in [6.07, 6.45) is 0. The van der Waals surface area contributed by atoms with E-state index in [1.54, 1.807) is 24.3 Å². The van der Waals surface area contributed by atoms with Crippen molar-refractivity contribution in [2.24, 2.45) is 0 Å². The van der Waals surface area contributed by atoms with E-state index in [9.17, 15) is 9.59 Å². The number of likely N-dealkylation sites (N-methyl/N-ethyl adjacent to an activating group) is 1. The molecule has 104 valence electrons. The van der Waals surface area contributed by atoms with Crippen LogP contribution in [0.3, 0.4) is 0 Å². The van der Waals surface area contributed by atoms with Gasteiger partial charge >= 0.3 is 12.0 Å². The number of carbonyl (C=O) groups excluding carboxylic acids is 2. The molecule has 6 heteroatoms. The largest absolute Gasteiger partial charge is 0.465 e. The molecule has 19 heavy (non-hydrogen) atoms. The quantitative estimate of drug-likeness (QED) is 0.784. The molecule has 0 aliphatic heterocycles. The van der Waals surface area contributed by atoms with Gasteiger partial charge in [0.1, 0.15) is 0 Å². The highest BCUT2D eigenvalue weighted by molar-refractivity contribution is 6.00. The van der Waals surface area contributed by atoms with Gasteiger partial charge in [0.2, 0.25) is 0 Å². The zero-order chi connectivity index (χ0) is 14.3. The van der Waals surface area contributed by atoms with Crippen LogP contribution in [-0.2, 0) is 4.74 Å². The second-order valence-corrected chi connectivity index (χ2v) is 4.22. The summed E-state index contributed by atoms with van der Waals surface area (Å²) >= 11 is 0. The van der Waals surface area contributed by atoms with Gasteiger partial charge in [0.25, 0.3) is 0 Å². The van der Waals surface area contributed by atoms with E-state index in [1.807, 2.05) is 19.0 Å². The number of rotatable bonds is 5. The fraction of sp³-hybridized carbons (Fsp3) is 0.385. The van der Waals surface area contributed by atoms with Crippen molar-refractivity contribution >= 4 is 17.7 Å². The van der Waals surface area contributed by atoms with Crippen molar-refractivity contribution in [3.63, 3.8) is 0 Å². The van der Waals surface area contributed by atoms with Crippen LogP contribution < -0.4 is 10.6 Å². The summed E-state index contributed by atoms with van der Waals surface area (Å²) < 4.78 is 4.65. The van der Waals surface area contributed by atoms with E-state index in [-0.39, 0.29) is 6.03 Å². The maximum atomic E-state index is 11.7. The topological polar surface area (TPSA) is 70.7 Å². The van der Waals surface area contributed by atoms with Crippen molar-refractivity contribution in [3.8, 4) is 0 Å². The zero-order valence-electron chi connectivity index (χ0n) is 11.4. The van der Waals surface area contributed by atoms with Crippen molar-refractivity contribution in [1.82, 2.24) is 10.2 Å². The SMILES string of the molecule is COC(=O)c1ccccc1NC(=O)NCCN(C)C. The summed E-state index contributed by atoms with van der Waals surface area (Å²) in [7, 11) is 5.15. The zero-order valence-corrected chi connectivity index (χ0v) is 11.4. The van der Waals surface area contributed by atoms with Gasteiger partial charge < -0.3 is 20.3 Å². The summed E-state index contributed by atoms with van der Waals surface area (Å²) in [5.41, 5.74) is 0.754. The Morgan fingerprint density at radius 2 is 1.95 bits per heavy atom. The molecule has 1 aromatic carbocycles. The average molecular weight is 265 g/mol. The van der Waals surface area contributed by atoms with Crippen molar-refractivity contribution in [2.45, 2.75) is 0 Å². The summed E-state index contributed by atoms with van der Waals surface area (Å²) in [6, 6.07) is 6.35. The second kappa shape index (κ2) is 7.38. The molecule has 0 aliphatic carbocycles. The molecular weight excluding hydrogens is 246 g/mol. The fourth-order valence-corrected chi connectivity index (χ4v) is 1.44. The number of methoxy groups -OCH3 is 1. The molecule has 2 amide bonds. The predicted molar refractivity (Wildman–Crippen MR) is 73.4 cm³/mol. The molecule has 2 N–H and O–H groups in total. The minimum Gasteiger partial charge on any atom is -0.465 e. The Morgan fingerprint density at radius 3 is 2.58 bits per heavy atom. The summed E-state index contributed by atoms with van der Waals surface area (Å²) in [6.45, 7) is 1.27. The lowest BCUT2D eigenvalue weighted by Crippen LogP contribution is -2.34. The first-order chi connectivity index (χ1) is 9.04. The standard InChI is InChI=1S/C13H19N3O3/c1-16(2)9-8-14-13(18)15-11-7-5-4-6-10(11)12(17)19-3/h4-7H,8-9H2,1-3H3,(H2,14,15,18). The van der Waals surface area contributed by atoms with E-state index in [0.717, 1.165) is 6.54 Å². The van der Waals surface area contributed by atoms with Gasteiger partial charge in [0, 0.05) is 13.1 Å². The second-order valence-electron chi connectivity index (χ2n) is 4.22. The van der Waals surface area contributed by atoms with Crippen molar-refractivity contribution in [1.29, 1.82) is 0 Å². The summed E-state index contributed by atoms with van der Waals surface area (Å²) in [5, 5.41) is 5.33. The fourth-order valence-electron chi connectivity index (χ4n) is 1.44. The molecule has 0 spiro atoms. The average Bonchev–Trinajstić information content (AvgIpc) is 2.38. The molecule has 0 saturated carbocycles. The third-order valence-electron chi connectivity index (χ3n) is 2.43. The van der Waals surface area contributed by atoms with Gasteiger partial charge in [-0.1, -0.05) is 12.1 Å². The molecule has 1 aromatic rings. The van der Waals surface area contributed by atoms with Gasteiger partial charge in [-0.2, -0.15) is 0 Å². The Balaban J connectivity index is 2.61. The molecule has 0 unspecified atom stereocenters. The number of hydrogen-bond donors (Lipinski definition) is 2. The van der Waals surface area contributed by atoms with Crippen molar-refractivity contribution in [2.75, 3.05) is 39.6 Å². The van der Waals surface area contributed by atoms with Gasteiger partial charge in [0.15, 0.2) is 0 Å². The van der Waals surface area contributed by atoms with Gasteiger partial charge in [-0.25, -0.2) is 9.59 Å². The number of ether oxygens (including phenoxy) is 1. The lowest BCUT2D eigenvalue weighted by molar-refractivity contribution is 0.0602. The molecule has 0 saturated heterocycles. The molecule has 0 heterocycles. The van der Waals surface area contributed by atoms with Crippen LogP contribution in [0.5, 0.6) is 0 Å². The molecular formula is C13H19N3O3. The number of urea groups is 1. The molecule has 0 aromatic heterocycles. The number of carbonyl (C=O) groups is 2. The molecule has 0 fully saturated rings. The number of amides is 2. The van der Waals surface area contributed by atoms with Crippen LogP contribution in [-0.4, -0.2) is 51.2 Å². The minimum atomic E-state index is -0.482. The highest BCUT2D eigenvalue weighted by Crippen LogP contribution is 2.15. The number of para-hydroxylation sites is 1. The molecule has 0 radical (unpaired) electrons. The monoisotopic (exact) mass is 265 g/mol. The Kier molecular flexibility index (Phi) is 5.81. The highest BCUT2D eigenvalue weighted by atomic mass is 16.5. The number of anilines is 1. The third-order valence-corrected chi connectivity index (χ3v) is 2.43. The van der Waals surface area contributed by atoms with E-state index in [4.69, 9.17) is 0 Å². The van der Waals surface area contributed by atoms with E-state index in [1.165, 1.54) is 7.11 Å². The van der Waals surface area contributed by atoms with Crippen LogP contribution in [0.2, 0.25) is 0 Å². The maximum absolute atomic E-state index is 11.7. The molecule has 6 nitrogen and oxygen atoms in total. The maximum Gasteiger partial charge on any atom is 0.339 e. The first kappa shape index (κ1) is 15.0. The van der Waals surface area contributed by atoms with Gasteiger partial charge in [-0.15, -0.1) is 0 Å². The molecule has 0 atom stereocenters. The number of nitrogens with one attached hydrogen (secondary N) is 2. The Morgan fingerprint density at radius 1 is 1.26 bits per heavy atom. The van der Waals surface area contributed by atoms with Crippen molar-refractivity contribution in [3.05, 3.63) is 29.8 Å². The summed E-state index contributed by atoms with van der Waals surface area (Å²) in [5.74, 6) is -0.482. The Labute approximate surface area is 112 Å². The Hall–Kier alpha value is -2.08. The number of benzene rings is 1. The summed E-state index contributed by atoms with van der Waals surface area (Å²) in [4.78, 5) is 25.1. The minimum absolute atomic E-state index is 0.327. The van der Waals surface area contributed by atoms with Gasteiger partial charge in [-0.05, 0) is 26.2 Å². The van der Waals surface area contributed by atoms with E-state index in [0.29, 0.717) is 17.8 Å². The van der Waals surface area contributed by atoms with E-state index < -0.39 is 5.97 Å². The number of hydrogen-bond acceptors (Lipinski definition) is 4. The third kappa shape index (κ3) is 4.97. The highest BCUT2D eigenvalue weighted by Gasteiger charge is 2.12. The van der Waals surface area contributed by atoms with Crippen LogP contribution in [0.1, 0.15) is 10.4 Å². The van der Waals surface area contributed by atoms with Gasteiger partial charge in [-0.3, -0.25) is 0 Å². The van der Waals surface area contributed by atoms with Crippen LogP contribution in [0.4, 0.5) is 10.5 Å². The van der Waals surface area contributed by atoms with Crippen LogP contribution in [0.25, 0.3) is 0 Å². The first-order valence-corrected chi connectivity index (χ1v) is 5.91. The number of nitrogens with zero attached hydrogens (tertiary/aromatic N) is 1. The predicted octanol–water partition coefficient (Wildman–Crippen LogP) is 1.16. The molecule has 1 rings (SSSR count). The molecule has 0 aliphatic rings. The molecule has 0 bridgehead atoms. The van der Waals surface area contributed by atoms with Crippen LogP contribution >= 0.6 is 0 Å². The lowest BCUT2D eigenvalue weighted by atomic mass is 10.2. The smallest absolute Gasteiger partial charge is 0.339 e. The van der Waals surface area contributed by atoms with E-state index >= 15 is 0 Å².